The zero-order chi connectivity index (χ0) is 12.2. The molecule has 0 unspecified atom stereocenters. The van der Waals surface area contributed by atoms with Crippen LogP contribution in [0, 0.1) is 0 Å². The van der Waals surface area contributed by atoms with Crippen molar-refractivity contribution in [3.63, 3.8) is 0 Å². The SMILES string of the molecule is c1ccc(Sc2cnccc2-c2ccn[nH]2)cc1. The predicted molar refractivity (Wildman–Crippen MR) is 72.4 cm³/mol. The molecule has 0 aliphatic heterocycles. The van der Waals surface area contributed by atoms with E-state index in [-0.39, 0.29) is 0 Å². The number of benzene rings is 1. The lowest BCUT2D eigenvalue weighted by atomic mass is 10.2. The van der Waals surface area contributed by atoms with Crippen LogP contribution in [0.2, 0.25) is 0 Å². The minimum Gasteiger partial charge on any atom is -0.278 e. The first kappa shape index (κ1) is 11.0. The Labute approximate surface area is 109 Å². The highest BCUT2D eigenvalue weighted by Crippen LogP contribution is 2.34. The van der Waals surface area contributed by atoms with Crippen molar-refractivity contribution in [3.05, 3.63) is 61.1 Å². The fourth-order valence-electron chi connectivity index (χ4n) is 1.71. The highest BCUT2D eigenvalue weighted by atomic mass is 32.2. The molecule has 88 valence electrons. The molecule has 3 nitrogen and oxygen atoms in total. The average molecular weight is 253 g/mol. The maximum Gasteiger partial charge on any atom is 0.0662 e. The van der Waals surface area contributed by atoms with Gasteiger partial charge in [0.25, 0.3) is 0 Å². The maximum absolute atomic E-state index is 4.20. The summed E-state index contributed by atoms with van der Waals surface area (Å²) in [7, 11) is 0. The topological polar surface area (TPSA) is 41.6 Å². The molecule has 0 saturated heterocycles. The lowest BCUT2D eigenvalue weighted by molar-refractivity contribution is 1.09. The monoisotopic (exact) mass is 253 g/mol. The molecule has 18 heavy (non-hydrogen) atoms. The summed E-state index contributed by atoms with van der Waals surface area (Å²) >= 11 is 1.70. The first-order valence-electron chi connectivity index (χ1n) is 5.60. The van der Waals surface area contributed by atoms with E-state index in [0.717, 1.165) is 16.2 Å². The lowest BCUT2D eigenvalue weighted by Gasteiger charge is -2.06. The third kappa shape index (κ3) is 2.28. The molecule has 0 atom stereocenters. The Hall–Kier alpha value is -2.07. The van der Waals surface area contributed by atoms with E-state index in [4.69, 9.17) is 0 Å². The van der Waals surface area contributed by atoms with Crippen molar-refractivity contribution in [1.82, 2.24) is 15.2 Å². The zero-order valence-electron chi connectivity index (χ0n) is 9.58. The molecule has 1 N–H and O–H groups in total. The van der Waals surface area contributed by atoms with Gasteiger partial charge in [0.1, 0.15) is 0 Å². The Kier molecular flexibility index (Phi) is 3.10. The van der Waals surface area contributed by atoms with Crippen LogP contribution in [0.25, 0.3) is 11.3 Å². The summed E-state index contributed by atoms with van der Waals surface area (Å²) in [6.07, 6.45) is 5.44. The van der Waals surface area contributed by atoms with Crippen molar-refractivity contribution in [1.29, 1.82) is 0 Å². The zero-order valence-corrected chi connectivity index (χ0v) is 10.4. The second kappa shape index (κ2) is 5.06. The van der Waals surface area contributed by atoms with Crippen LogP contribution in [0.15, 0.2) is 70.8 Å². The van der Waals surface area contributed by atoms with Crippen molar-refractivity contribution in [2.75, 3.05) is 0 Å². The number of aromatic amines is 1. The number of H-pyrrole nitrogens is 1. The first-order valence-corrected chi connectivity index (χ1v) is 6.42. The molecule has 0 spiro atoms. The molecule has 3 rings (SSSR count). The fraction of sp³-hybridized carbons (Fsp3) is 0. The molecular weight excluding hydrogens is 242 g/mol. The summed E-state index contributed by atoms with van der Waals surface area (Å²) in [5.41, 5.74) is 2.13. The van der Waals surface area contributed by atoms with E-state index in [2.05, 4.69) is 27.3 Å². The Morgan fingerprint density at radius 3 is 2.61 bits per heavy atom. The van der Waals surface area contributed by atoms with Crippen LogP contribution >= 0.6 is 11.8 Å². The molecule has 0 bridgehead atoms. The summed E-state index contributed by atoms with van der Waals surface area (Å²) in [6, 6.07) is 14.2. The van der Waals surface area contributed by atoms with Crippen molar-refractivity contribution in [2.45, 2.75) is 9.79 Å². The van der Waals surface area contributed by atoms with Crippen molar-refractivity contribution >= 4 is 11.8 Å². The van der Waals surface area contributed by atoms with E-state index < -0.39 is 0 Å². The lowest BCUT2D eigenvalue weighted by Crippen LogP contribution is -1.84. The van der Waals surface area contributed by atoms with E-state index in [0.29, 0.717) is 0 Å². The van der Waals surface area contributed by atoms with Gasteiger partial charge in [0.05, 0.1) is 5.69 Å². The normalized spacial score (nSPS) is 10.4. The minimum absolute atomic E-state index is 1.01. The predicted octanol–water partition coefficient (Wildman–Crippen LogP) is 3.62. The van der Waals surface area contributed by atoms with Crippen molar-refractivity contribution in [2.24, 2.45) is 0 Å². The number of rotatable bonds is 3. The maximum atomic E-state index is 4.20. The third-order valence-corrected chi connectivity index (χ3v) is 3.60. The van der Waals surface area contributed by atoms with E-state index in [1.807, 2.05) is 36.5 Å². The largest absolute Gasteiger partial charge is 0.278 e. The van der Waals surface area contributed by atoms with Gasteiger partial charge >= 0.3 is 0 Å². The standard InChI is InChI=1S/C14H11N3S/c1-2-4-11(5-3-1)18-14-10-15-8-6-12(14)13-7-9-16-17-13/h1-10H,(H,16,17). The number of nitrogens with one attached hydrogen (secondary N) is 1. The van der Waals surface area contributed by atoms with Crippen LogP contribution in [-0.4, -0.2) is 15.2 Å². The average Bonchev–Trinajstić information content (AvgIpc) is 2.94. The number of pyridine rings is 1. The highest BCUT2D eigenvalue weighted by molar-refractivity contribution is 7.99. The smallest absolute Gasteiger partial charge is 0.0662 e. The molecule has 0 fully saturated rings. The van der Waals surface area contributed by atoms with Gasteiger partial charge in [0, 0.05) is 33.9 Å². The van der Waals surface area contributed by atoms with Gasteiger partial charge < -0.3 is 0 Å². The van der Waals surface area contributed by atoms with Crippen molar-refractivity contribution < 1.29 is 0 Å². The summed E-state index contributed by atoms with van der Waals surface area (Å²) < 4.78 is 0. The van der Waals surface area contributed by atoms with Crippen LogP contribution in [0.3, 0.4) is 0 Å². The second-order valence-electron chi connectivity index (χ2n) is 3.76. The third-order valence-electron chi connectivity index (χ3n) is 2.55. The number of aromatic nitrogens is 3. The molecule has 0 saturated carbocycles. The van der Waals surface area contributed by atoms with Crippen LogP contribution in [0.5, 0.6) is 0 Å². The molecule has 3 aromatic rings. The van der Waals surface area contributed by atoms with Gasteiger partial charge in [-0.1, -0.05) is 30.0 Å². The minimum atomic E-state index is 1.01. The Bertz CT molecular complexity index is 621. The molecular formula is C14H11N3S. The summed E-state index contributed by atoms with van der Waals surface area (Å²) in [6.45, 7) is 0. The Balaban J connectivity index is 1.98. The van der Waals surface area contributed by atoms with Gasteiger partial charge in [0.2, 0.25) is 0 Å². The van der Waals surface area contributed by atoms with E-state index in [1.165, 1.54) is 4.90 Å². The van der Waals surface area contributed by atoms with Gasteiger partial charge in [-0.05, 0) is 24.3 Å². The summed E-state index contributed by atoms with van der Waals surface area (Å²) in [5, 5.41) is 6.98. The number of hydrogen-bond donors (Lipinski definition) is 1. The van der Waals surface area contributed by atoms with Crippen LogP contribution in [0.4, 0.5) is 0 Å². The quantitative estimate of drug-likeness (QED) is 0.775. The molecule has 0 radical (unpaired) electrons. The van der Waals surface area contributed by atoms with Gasteiger partial charge in [0.15, 0.2) is 0 Å². The molecule has 2 aromatic heterocycles. The fourth-order valence-corrected chi connectivity index (χ4v) is 2.65. The summed E-state index contributed by atoms with van der Waals surface area (Å²) in [5.74, 6) is 0. The van der Waals surface area contributed by atoms with E-state index in [1.54, 1.807) is 24.2 Å². The Morgan fingerprint density at radius 1 is 0.944 bits per heavy atom. The van der Waals surface area contributed by atoms with E-state index >= 15 is 0 Å². The highest BCUT2D eigenvalue weighted by Gasteiger charge is 2.07. The molecule has 0 amide bonds. The van der Waals surface area contributed by atoms with Gasteiger partial charge in [-0.25, -0.2) is 0 Å². The number of hydrogen-bond acceptors (Lipinski definition) is 3. The van der Waals surface area contributed by atoms with Crippen LogP contribution < -0.4 is 0 Å². The molecule has 1 aromatic carbocycles. The molecule has 0 aliphatic carbocycles. The molecule has 0 aliphatic rings. The Morgan fingerprint density at radius 2 is 1.83 bits per heavy atom. The van der Waals surface area contributed by atoms with Crippen molar-refractivity contribution in [3.8, 4) is 11.3 Å². The first-order chi connectivity index (χ1) is 8.93. The van der Waals surface area contributed by atoms with Crippen LogP contribution in [-0.2, 0) is 0 Å². The summed E-state index contributed by atoms with van der Waals surface area (Å²) in [4.78, 5) is 6.51. The number of nitrogens with zero attached hydrogens (tertiary/aromatic N) is 2. The van der Waals surface area contributed by atoms with Gasteiger partial charge in [-0.15, -0.1) is 0 Å². The second-order valence-corrected chi connectivity index (χ2v) is 4.87. The van der Waals surface area contributed by atoms with Gasteiger partial charge in [-0.3, -0.25) is 10.1 Å². The molecule has 2 heterocycles. The van der Waals surface area contributed by atoms with E-state index in [9.17, 15) is 0 Å². The molecule has 4 heteroatoms. The van der Waals surface area contributed by atoms with Crippen LogP contribution in [0.1, 0.15) is 0 Å². The van der Waals surface area contributed by atoms with Gasteiger partial charge in [-0.2, -0.15) is 5.10 Å².